The summed E-state index contributed by atoms with van der Waals surface area (Å²) in [5, 5.41) is 7.79. The van der Waals surface area contributed by atoms with Crippen LogP contribution >= 0.6 is 0 Å². The van der Waals surface area contributed by atoms with Crippen molar-refractivity contribution in [1.29, 1.82) is 5.26 Å². The summed E-state index contributed by atoms with van der Waals surface area (Å²) in [6.07, 6.45) is 0. The van der Waals surface area contributed by atoms with Crippen molar-refractivity contribution >= 4 is 0 Å². The Kier molecular flexibility index (Phi) is 12.2. The summed E-state index contributed by atoms with van der Waals surface area (Å²) in [6.45, 7) is 8.98. The van der Waals surface area contributed by atoms with Gasteiger partial charge in [-0.3, -0.25) is 0 Å². The second-order valence-electron chi connectivity index (χ2n) is 0.892. The van der Waals surface area contributed by atoms with Crippen LogP contribution in [0.1, 0.15) is 20.8 Å². The van der Waals surface area contributed by atoms with E-state index in [9.17, 15) is 0 Å². The van der Waals surface area contributed by atoms with Crippen molar-refractivity contribution in [2.75, 3.05) is 0 Å². The van der Waals surface area contributed by atoms with Gasteiger partial charge in [-0.2, -0.15) is 5.26 Å². The molecule has 0 atom stereocenters. The van der Waals surface area contributed by atoms with Gasteiger partial charge >= 0.3 is 0 Å². The highest BCUT2D eigenvalue weighted by Crippen LogP contribution is 1.74. The minimum atomic E-state index is 0.560. The van der Waals surface area contributed by atoms with E-state index >= 15 is 0 Å². The van der Waals surface area contributed by atoms with E-state index in [1.54, 1.807) is 6.92 Å². The average Bonchev–Trinajstić information content (AvgIpc) is 1.73. The van der Waals surface area contributed by atoms with Crippen molar-refractivity contribution in [2.45, 2.75) is 20.8 Å². The molecule has 0 saturated heterocycles. The van der Waals surface area contributed by atoms with E-state index < -0.39 is 0 Å². The van der Waals surface area contributed by atoms with Gasteiger partial charge in [-0.25, -0.2) is 0 Å². The molecule has 0 radical (unpaired) electrons. The lowest BCUT2D eigenvalue weighted by molar-refractivity contribution is 1.46. The van der Waals surface area contributed by atoms with E-state index in [1.807, 2.05) is 19.9 Å². The molecule has 0 spiro atoms. The second kappa shape index (κ2) is 8.97. The van der Waals surface area contributed by atoms with Crippen LogP contribution < -0.4 is 0 Å². The van der Waals surface area contributed by atoms with Crippen molar-refractivity contribution in [3.05, 3.63) is 12.2 Å². The standard InChI is InChI=1S/C4H5N.C2H6/c1-4(2)3-5;1-2/h1H2,2H3;1-2H3. The predicted molar refractivity (Wildman–Crippen MR) is 31.8 cm³/mol. The number of nitriles is 1. The van der Waals surface area contributed by atoms with E-state index in [2.05, 4.69) is 6.58 Å². The molecule has 0 aromatic carbocycles. The summed E-state index contributed by atoms with van der Waals surface area (Å²) in [5.41, 5.74) is 0.560. The molecule has 0 unspecified atom stereocenters. The Morgan fingerprint density at radius 3 is 1.71 bits per heavy atom. The minimum absolute atomic E-state index is 0.560. The molecule has 1 heteroatoms. The molecule has 0 aromatic rings. The highest BCUT2D eigenvalue weighted by atomic mass is 14.2. The zero-order valence-corrected chi connectivity index (χ0v) is 5.15. The molecule has 0 amide bonds. The van der Waals surface area contributed by atoms with E-state index in [1.165, 1.54) is 0 Å². The van der Waals surface area contributed by atoms with Crippen LogP contribution in [-0.4, -0.2) is 0 Å². The van der Waals surface area contributed by atoms with Crippen LogP contribution in [0.2, 0.25) is 0 Å². The third-order valence-electron chi connectivity index (χ3n) is 0.191. The Balaban J connectivity index is 0. The first kappa shape index (κ1) is 9.52. The van der Waals surface area contributed by atoms with Crippen LogP contribution in [0.5, 0.6) is 0 Å². The molecule has 0 heterocycles. The first-order valence-corrected chi connectivity index (χ1v) is 2.33. The molecule has 40 valence electrons. The Hall–Kier alpha value is -0.770. The smallest absolute Gasteiger partial charge is 0.0937 e. The molecule has 0 rings (SSSR count). The topological polar surface area (TPSA) is 23.8 Å². The van der Waals surface area contributed by atoms with Crippen molar-refractivity contribution in [3.63, 3.8) is 0 Å². The number of allylic oxidation sites excluding steroid dienone is 1. The molecule has 0 fully saturated rings. The van der Waals surface area contributed by atoms with Crippen LogP contribution in [0.4, 0.5) is 0 Å². The molecule has 0 aliphatic carbocycles. The Morgan fingerprint density at radius 1 is 1.57 bits per heavy atom. The molecule has 0 aromatic heterocycles. The van der Waals surface area contributed by atoms with Gasteiger partial charge in [0.1, 0.15) is 0 Å². The van der Waals surface area contributed by atoms with Gasteiger partial charge in [0.25, 0.3) is 0 Å². The van der Waals surface area contributed by atoms with Gasteiger partial charge in [-0.05, 0) is 6.92 Å². The van der Waals surface area contributed by atoms with Crippen LogP contribution in [-0.2, 0) is 0 Å². The quantitative estimate of drug-likeness (QED) is 0.425. The van der Waals surface area contributed by atoms with Crippen molar-refractivity contribution in [1.82, 2.24) is 0 Å². The Labute approximate surface area is 45.3 Å². The SMILES string of the molecule is C=C(C)C#N.CC. The fourth-order valence-corrected chi connectivity index (χ4v) is 0. The third kappa shape index (κ3) is 36.1. The van der Waals surface area contributed by atoms with Crippen molar-refractivity contribution in [2.24, 2.45) is 0 Å². The summed E-state index contributed by atoms with van der Waals surface area (Å²) in [7, 11) is 0. The largest absolute Gasteiger partial charge is 0.193 e. The lowest BCUT2D eigenvalue weighted by Crippen LogP contribution is -1.51. The van der Waals surface area contributed by atoms with Crippen LogP contribution in [0.3, 0.4) is 0 Å². The maximum atomic E-state index is 7.79. The summed E-state index contributed by atoms with van der Waals surface area (Å²) >= 11 is 0. The Morgan fingerprint density at radius 2 is 1.71 bits per heavy atom. The van der Waals surface area contributed by atoms with Gasteiger partial charge < -0.3 is 0 Å². The first-order valence-electron chi connectivity index (χ1n) is 2.33. The fourth-order valence-electron chi connectivity index (χ4n) is 0. The van der Waals surface area contributed by atoms with Crippen LogP contribution in [0, 0.1) is 11.3 Å². The van der Waals surface area contributed by atoms with E-state index in [0.29, 0.717) is 5.57 Å². The molecular weight excluding hydrogens is 86.1 g/mol. The molecule has 0 aliphatic heterocycles. The number of nitrogens with zero attached hydrogens (tertiary/aromatic N) is 1. The van der Waals surface area contributed by atoms with Crippen molar-refractivity contribution in [3.8, 4) is 6.07 Å². The first-order chi connectivity index (χ1) is 3.27. The van der Waals surface area contributed by atoms with Gasteiger partial charge in [-0.1, -0.05) is 20.4 Å². The highest BCUT2D eigenvalue weighted by molar-refractivity contribution is 5.11. The summed E-state index contributed by atoms with van der Waals surface area (Å²) in [5.74, 6) is 0. The summed E-state index contributed by atoms with van der Waals surface area (Å²) in [4.78, 5) is 0. The zero-order valence-electron chi connectivity index (χ0n) is 5.15. The summed E-state index contributed by atoms with van der Waals surface area (Å²) < 4.78 is 0. The normalized spacial score (nSPS) is 4.86. The molecule has 0 bridgehead atoms. The predicted octanol–water partition coefficient (Wildman–Crippen LogP) is 2.11. The third-order valence-corrected chi connectivity index (χ3v) is 0.191. The maximum absolute atomic E-state index is 7.79. The maximum Gasteiger partial charge on any atom is 0.0937 e. The fraction of sp³-hybridized carbons (Fsp3) is 0.500. The molecular formula is C6H11N. The Bertz CT molecular complexity index is 76.7. The number of rotatable bonds is 0. The molecule has 0 saturated carbocycles. The van der Waals surface area contributed by atoms with Crippen LogP contribution in [0.15, 0.2) is 12.2 Å². The van der Waals surface area contributed by atoms with Crippen molar-refractivity contribution < 1.29 is 0 Å². The lowest BCUT2D eigenvalue weighted by atomic mass is 10.4. The highest BCUT2D eigenvalue weighted by Gasteiger charge is 1.64. The number of hydrogen-bond donors (Lipinski definition) is 0. The summed E-state index contributed by atoms with van der Waals surface area (Å²) in [6, 6.07) is 1.83. The van der Waals surface area contributed by atoms with Crippen LogP contribution in [0.25, 0.3) is 0 Å². The zero-order chi connectivity index (χ0) is 6.28. The van der Waals surface area contributed by atoms with E-state index in [0.717, 1.165) is 0 Å². The molecule has 0 N–H and O–H groups in total. The van der Waals surface area contributed by atoms with E-state index in [4.69, 9.17) is 5.26 Å². The van der Waals surface area contributed by atoms with Gasteiger partial charge in [0.2, 0.25) is 0 Å². The van der Waals surface area contributed by atoms with Gasteiger partial charge in [0, 0.05) is 5.57 Å². The molecule has 1 nitrogen and oxygen atoms in total. The minimum Gasteiger partial charge on any atom is -0.193 e. The van der Waals surface area contributed by atoms with Gasteiger partial charge in [-0.15, -0.1) is 0 Å². The molecule has 0 aliphatic rings. The lowest BCUT2D eigenvalue weighted by Gasteiger charge is -1.61. The molecule has 7 heavy (non-hydrogen) atoms. The van der Waals surface area contributed by atoms with Gasteiger partial charge in [0.15, 0.2) is 0 Å². The average molecular weight is 97.2 g/mol. The second-order valence-corrected chi connectivity index (χ2v) is 0.892. The van der Waals surface area contributed by atoms with E-state index in [-0.39, 0.29) is 0 Å². The number of hydrogen-bond acceptors (Lipinski definition) is 1. The monoisotopic (exact) mass is 97.1 g/mol. The van der Waals surface area contributed by atoms with Gasteiger partial charge in [0.05, 0.1) is 6.07 Å².